The van der Waals surface area contributed by atoms with Crippen molar-refractivity contribution < 1.29 is 19.4 Å². The number of rotatable bonds is 7. The van der Waals surface area contributed by atoms with Crippen LogP contribution in [0, 0.1) is 0 Å². The minimum absolute atomic E-state index is 0.0874. The lowest BCUT2D eigenvalue weighted by molar-refractivity contribution is -0.130. The zero-order valence-electron chi connectivity index (χ0n) is 12.4. The van der Waals surface area contributed by atoms with Crippen molar-refractivity contribution in [3.63, 3.8) is 0 Å². The number of allylic oxidation sites excluding steroid dienone is 1. The Morgan fingerprint density at radius 2 is 2.05 bits per heavy atom. The molecule has 0 fully saturated rings. The van der Waals surface area contributed by atoms with Gasteiger partial charge in [-0.25, -0.2) is 9.59 Å². The van der Waals surface area contributed by atoms with E-state index < -0.39 is 11.9 Å². The summed E-state index contributed by atoms with van der Waals surface area (Å²) in [4.78, 5) is 23.3. The third kappa shape index (κ3) is 4.31. The van der Waals surface area contributed by atoms with Crippen LogP contribution in [0.5, 0.6) is 0 Å². The van der Waals surface area contributed by atoms with Crippen LogP contribution < -0.4 is 0 Å². The number of carboxylic acid groups (broad SMARTS) is 1. The summed E-state index contributed by atoms with van der Waals surface area (Å²) >= 11 is 0. The van der Waals surface area contributed by atoms with Crippen molar-refractivity contribution in [2.24, 2.45) is 0 Å². The SMILES string of the molecule is C=COC(=O)c1ccc(CCCC)cc1/C(=C/C)C(=O)O. The van der Waals surface area contributed by atoms with Crippen LogP contribution >= 0.6 is 0 Å². The molecule has 1 aromatic carbocycles. The van der Waals surface area contributed by atoms with E-state index in [0.29, 0.717) is 5.56 Å². The van der Waals surface area contributed by atoms with Gasteiger partial charge in [-0.3, -0.25) is 0 Å². The summed E-state index contributed by atoms with van der Waals surface area (Å²) in [6.07, 6.45) is 5.41. The molecular formula is C17H20O4. The van der Waals surface area contributed by atoms with Crippen LogP contribution in [0.15, 0.2) is 37.1 Å². The zero-order valence-corrected chi connectivity index (χ0v) is 12.4. The number of carboxylic acids is 1. The lowest BCUT2D eigenvalue weighted by Crippen LogP contribution is -2.09. The van der Waals surface area contributed by atoms with E-state index in [9.17, 15) is 14.7 Å². The second kappa shape index (κ2) is 8.04. The van der Waals surface area contributed by atoms with E-state index in [1.54, 1.807) is 19.1 Å². The molecule has 0 aromatic heterocycles. The molecule has 4 heteroatoms. The first-order chi connectivity index (χ1) is 10.0. The van der Waals surface area contributed by atoms with Crippen molar-refractivity contribution in [2.75, 3.05) is 0 Å². The number of aryl methyl sites for hydroxylation is 1. The number of unbranched alkanes of at least 4 members (excludes halogenated alkanes) is 1. The van der Waals surface area contributed by atoms with E-state index in [-0.39, 0.29) is 11.1 Å². The summed E-state index contributed by atoms with van der Waals surface area (Å²) in [7, 11) is 0. The summed E-state index contributed by atoms with van der Waals surface area (Å²) in [6.45, 7) is 7.06. The van der Waals surface area contributed by atoms with E-state index >= 15 is 0 Å². The third-order valence-electron chi connectivity index (χ3n) is 3.12. The summed E-state index contributed by atoms with van der Waals surface area (Å²) < 4.78 is 4.77. The summed E-state index contributed by atoms with van der Waals surface area (Å²) in [6, 6.07) is 5.19. The second-order valence-electron chi connectivity index (χ2n) is 4.56. The van der Waals surface area contributed by atoms with Crippen molar-refractivity contribution in [3.05, 3.63) is 53.8 Å². The van der Waals surface area contributed by atoms with Crippen LogP contribution in [0.2, 0.25) is 0 Å². The molecule has 4 nitrogen and oxygen atoms in total. The maximum absolute atomic E-state index is 11.9. The number of benzene rings is 1. The van der Waals surface area contributed by atoms with Crippen LogP contribution in [0.4, 0.5) is 0 Å². The van der Waals surface area contributed by atoms with E-state index in [2.05, 4.69) is 13.5 Å². The van der Waals surface area contributed by atoms with Gasteiger partial charge in [0.15, 0.2) is 0 Å². The van der Waals surface area contributed by atoms with Crippen LogP contribution in [-0.2, 0) is 16.0 Å². The number of aliphatic carboxylic acids is 1. The predicted molar refractivity (Wildman–Crippen MR) is 82.0 cm³/mol. The number of carbonyl (C=O) groups excluding carboxylic acids is 1. The molecule has 112 valence electrons. The summed E-state index contributed by atoms with van der Waals surface area (Å²) in [5.41, 5.74) is 1.70. The highest BCUT2D eigenvalue weighted by molar-refractivity contribution is 6.18. The van der Waals surface area contributed by atoms with Gasteiger partial charge in [-0.2, -0.15) is 0 Å². The molecule has 0 bridgehead atoms. The fourth-order valence-corrected chi connectivity index (χ4v) is 2.06. The number of ether oxygens (including phenoxy) is 1. The maximum Gasteiger partial charge on any atom is 0.343 e. The first-order valence-electron chi connectivity index (χ1n) is 6.89. The molecule has 0 saturated heterocycles. The lowest BCUT2D eigenvalue weighted by atomic mass is 9.95. The minimum atomic E-state index is -1.07. The highest BCUT2D eigenvalue weighted by Crippen LogP contribution is 2.23. The standard InChI is InChI=1S/C17H20O4/c1-4-7-8-12-9-10-14(17(20)21-6-3)15(11-12)13(5-2)16(18)19/h5-6,9-11H,3-4,7-8H2,1-2H3,(H,18,19)/b13-5-. The summed E-state index contributed by atoms with van der Waals surface area (Å²) in [5, 5.41) is 9.29. The lowest BCUT2D eigenvalue weighted by Gasteiger charge is -2.11. The Balaban J connectivity index is 3.33. The summed E-state index contributed by atoms with van der Waals surface area (Å²) in [5.74, 6) is -1.68. The van der Waals surface area contributed by atoms with Crippen LogP contribution in [0.3, 0.4) is 0 Å². The average Bonchev–Trinajstić information content (AvgIpc) is 2.46. The third-order valence-corrected chi connectivity index (χ3v) is 3.12. The predicted octanol–water partition coefficient (Wildman–Crippen LogP) is 3.82. The number of esters is 1. The van der Waals surface area contributed by atoms with Crippen molar-refractivity contribution >= 4 is 17.5 Å². The van der Waals surface area contributed by atoms with Gasteiger partial charge < -0.3 is 9.84 Å². The van der Waals surface area contributed by atoms with Gasteiger partial charge in [0, 0.05) is 5.56 Å². The Morgan fingerprint density at radius 3 is 2.57 bits per heavy atom. The minimum Gasteiger partial charge on any atom is -0.478 e. The molecule has 1 aromatic rings. The molecule has 0 atom stereocenters. The highest BCUT2D eigenvalue weighted by atomic mass is 16.5. The fourth-order valence-electron chi connectivity index (χ4n) is 2.06. The first-order valence-corrected chi connectivity index (χ1v) is 6.89. The first kappa shape index (κ1) is 16.7. The molecule has 1 N–H and O–H groups in total. The van der Waals surface area contributed by atoms with Gasteiger partial charge in [0.1, 0.15) is 0 Å². The quantitative estimate of drug-likeness (QED) is 0.470. The Morgan fingerprint density at radius 1 is 1.33 bits per heavy atom. The molecule has 0 saturated carbocycles. The Kier molecular flexibility index (Phi) is 6.40. The Hall–Kier alpha value is -2.36. The number of hydrogen-bond donors (Lipinski definition) is 1. The molecule has 0 aliphatic heterocycles. The van der Waals surface area contributed by atoms with Crippen molar-refractivity contribution in [2.45, 2.75) is 33.1 Å². The Labute approximate surface area is 124 Å². The average molecular weight is 288 g/mol. The smallest absolute Gasteiger partial charge is 0.343 e. The van der Waals surface area contributed by atoms with Gasteiger partial charge in [0.05, 0.1) is 17.4 Å². The molecule has 0 unspecified atom stereocenters. The molecule has 0 amide bonds. The largest absolute Gasteiger partial charge is 0.478 e. The second-order valence-corrected chi connectivity index (χ2v) is 4.56. The van der Waals surface area contributed by atoms with Crippen LogP contribution in [-0.4, -0.2) is 17.0 Å². The Bertz CT molecular complexity index is 570. The van der Waals surface area contributed by atoms with Gasteiger partial charge in [0.25, 0.3) is 0 Å². The molecule has 21 heavy (non-hydrogen) atoms. The van der Waals surface area contributed by atoms with Crippen molar-refractivity contribution in [1.82, 2.24) is 0 Å². The van der Waals surface area contributed by atoms with Crippen LogP contribution in [0.25, 0.3) is 5.57 Å². The molecule has 0 aliphatic carbocycles. The van der Waals surface area contributed by atoms with Gasteiger partial charge in [-0.15, -0.1) is 0 Å². The molecular weight excluding hydrogens is 268 g/mol. The van der Waals surface area contributed by atoms with Gasteiger partial charge in [0.2, 0.25) is 0 Å². The molecule has 0 aliphatic rings. The molecule has 0 radical (unpaired) electrons. The number of hydrogen-bond acceptors (Lipinski definition) is 3. The topological polar surface area (TPSA) is 63.6 Å². The van der Waals surface area contributed by atoms with Gasteiger partial charge >= 0.3 is 11.9 Å². The molecule has 0 heterocycles. The van der Waals surface area contributed by atoms with E-state index in [1.165, 1.54) is 6.08 Å². The fraction of sp³-hybridized carbons (Fsp3) is 0.294. The monoisotopic (exact) mass is 288 g/mol. The van der Waals surface area contributed by atoms with Gasteiger partial charge in [-0.1, -0.05) is 38.1 Å². The van der Waals surface area contributed by atoms with Crippen molar-refractivity contribution in [1.29, 1.82) is 0 Å². The van der Waals surface area contributed by atoms with E-state index in [4.69, 9.17) is 4.74 Å². The molecule has 1 rings (SSSR count). The number of carbonyl (C=O) groups is 2. The normalized spacial score (nSPS) is 11.0. The molecule has 0 spiro atoms. The maximum atomic E-state index is 11.9. The highest BCUT2D eigenvalue weighted by Gasteiger charge is 2.19. The van der Waals surface area contributed by atoms with E-state index in [1.807, 2.05) is 6.07 Å². The van der Waals surface area contributed by atoms with Crippen molar-refractivity contribution in [3.8, 4) is 0 Å². The van der Waals surface area contributed by atoms with E-state index in [0.717, 1.165) is 31.1 Å². The van der Waals surface area contributed by atoms with Crippen LogP contribution in [0.1, 0.15) is 48.2 Å². The van der Waals surface area contributed by atoms with Gasteiger partial charge in [-0.05, 0) is 31.4 Å². The zero-order chi connectivity index (χ0) is 15.8.